The molecule has 0 saturated carbocycles. The van der Waals surface area contributed by atoms with Crippen LogP contribution in [0.25, 0.3) is 10.9 Å². The third-order valence-electron chi connectivity index (χ3n) is 4.61. The van der Waals surface area contributed by atoms with E-state index in [0.29, 0.717) is 29.0 Å². The highest BCUT2D eigenvalue weighted by Crippen LogP contribution is 2.33. The zero-order valence-corrected chi connectivity index (χ0v) is 16.5. The molecule has 0 atom stereocenters. The zero-order valence-electron chi connectivity index (χ0n) is 15.7. The van der Waals surface area contributed by atoms with Crippen LogP contribution in [0.3, 0.4) is 0 Å². The maximum Gasteiger partial charge on any atom is 0.151 e. The number of nitrogens with zero attached hydrogens (tertiary/aromatic N) is 4. The smallest absolute Gasteiger partial charge is 0.151 e. The lowest BCUT2D eigenvalue weighted by atomic mass is 10.1. The molecule has 0 amide bonds. The summed E-state index contributed by atoms with van der Waals surface area (Å²) < 4.78 is 30.1. The number of imidazole rings is 1. The van der Waals surface area contributed by atoms with Crippen LogP contribution >= 0.6 is 11.6 Å². The van der Waals surface area contributed by atoms with Crippen LogP contribution in [0.5, 0.6) is 0 Å². The van der Waals surface area contributed by atoms with Crippen LogP contribution in [0.4, 0.5) is 25.8 Å². The van der Waals surface area contributed by atoms with Gasteiger partial charge >= 0.3 is 0 Å². The average Bonchev–Trinajstić information content (AvgIpc) is 3.14. The minimum Gasteiger partial charge on any atom is -0.378 e. The van der Waals surface area contributed by atoms with E-state index >= 15 is 0 Å². The quantitative estimate of drug-likeness (QED) is 0.464. The van der Waals surface area contributed by atoms with E-state index in [-0.39, 0.29) is 16.1 Å². The van der Waals surface area contributed by atoms with Gasteiger partial charge in [-0.25, -0.2) is 13.8 Å². The maximum atomic E-state index is 14.8. The Kier molecular flexibility index (Phi) is 5.21. The van der Waals surface area contributed by atoms with Gasteiger partial charge in [-0.2, -0.15) is 5.26 Å². The van der Waals surface area contributed by atoms with Gasteiger partial charge in [-0.3, -0.25) is 4.98 Å². The molecule has 4 aromatic rings. The highest BCUT2D eigenvalue weighted by Gasteiger charge is 2.15. The second-order valence-electron chi connectivity index (χ2n) is 6.57. The molecule has 2 aromatic carbocycles. The molecule has 0 unspecified atom stereocenters. The topological polar surface area (TPSA) is 78.6 Å². The van der Waals surface area contributed by atoms with Gasteiger partial charge in [0.05, 0.1) is 22.8 Å². The largest absolute Gasteiger partial charge is 0.378 e. The number of nitriles is 1. The second-order valence-corrected chi connectivity index (χ2v) is 6.98. The van der Waals surface area contributed by atoms with Gasteiger partial charge in [0.2, 0.25) is 0 Å². The Bertz CT molecular complexity index is 1290. The van der Waals surface area contributed by atoms with Gasteiger partial charge in [-0.05, 0) is 30.3 Å². The summed E-state index contributed by atoms with van der Waals surface area (Å²) in [4.78, 5) is 8.31. The van der Waals surface area contributed by atoms with Crippen molar-refractivity contribution in [1.82, 2.24) is 14.5 Å². The summed E-state index contributed by atoms with van der Waals surface area (Å²) in [6, 6.07) is 9.16. The Morgan fingerprint density at radius 3 is 2.67 bits per heavy atom. The standard InChI is InChI=1S/C21H15ClF2N6/c1-30-5-4-26-19(30)11-27-14-6-15-20(29-13-2-3-17(23)16(22)7-13)12(9-25)10-28-21(15)18(24)8-14/h2-8,10,27H,11H2,1H3,(H,28,29). The molecule has 0 aliphatic carbocycles. The van der Waals surface area contributed by atoms with E-state index in [9.17, 15) is 14.0 Å². The number of aryl methyl sites for hydroxylation is 1. The van der Waals surface area contributed by atoms with Gasteiger partial charge in [-0.15, -0.1) is 0 Å². The van der Waals surface area contributed by atoms with Crippen LogP contribution < -0.4 is 10.6 Å². The number of hydrogen-bond acceptors (Lipinski definition) is 5. The molecule has 6 nitrogen and oxygen atoms in total. The number of aromatic nitrogens is 3. The average molecular weight is 425 g/mol. The number of benzene rings is 2. The Morgan fingerprint density at radius 2 is 1.97 bits per heavy atom. The first-order chi connectivity index (χ1) is 14.5. The number of fused-ring (bicyclic) bond motifs is 1. The fourth-order valence-corrected chi connectivity index (χ4v) is 3.23. The normalized spacial score (nSPS) is 10.8. The molecule has 2 heterocycles. The first-order valence-corrected chi connectivity index (χ1v) is 9.28. The van der Waals surface area contributed by atoms with Gasteiger partial charge in [0, 0.05) is 42.4 Å². The summed E-state index contributed by atoms with van der Waals surface area (Å²) in [7, 11) is 1.87. The van der Waals surface area contributed by atoms with Gasteiger partial charge in [0.1, 0.15) is 23.2 Å². The molecule has 0 spiro atoms. The van der Waals surface area contributed by atoms with Crippen LogP contribution in [-0.2, 0) is 13.6 Å². The lowest BCUT2D eigenvalue weighted by Gasteiger charge is -2.14. The molecule has 4 rings (SSSR count). The monoisotopic (exact) mass is 424 g/mol. The number of nitrogens with one attached hydrogen (secondary N) is 2. The Morgan fingerprint density at radius 1 is 1.13 bits per heavy atom. The lowest BCUT2D eigenvalue weighted by Crippen LogP contribution is -2.06. The van der Waals surface area contributed by atoms with Gasteiger partial charge in [0.25, 0.3) is 0 Å². The summed E-state index contributed by atoms with van der Waals surface area (Å²) >= 11 is 5.85. The molecule has 0 radical (unpaired) electrons. The van der Waals surface area contributed by atoms with Crippen molar-refractivity contribution in [2.24, 2.45) is 7.05 Å². The van der Waals surface area contributed by atoms with Crippen molar-refractivity contribution in [2.45, 2.75) is 6.54 Å². The molecule has 30 heavy (non-hydrogen) atoms. The van der Waals surface area contributed by atoms with Crippen molar-refractivity contribution in [3.63, 3.8) is 0 Å². The van der Waals surface area contributed by atoms with Crippen molar-refractivity contribution in [2.75, 3.05) is 10.6 Å². The summed E-state index contributed by atoms with van der Waals surface area (Å²) in [6.45, 7) is 0.385. The summed E-state index contributed by atoms with van der Waals surface area (Å²) in [5.41, 5.74) is 1.62. The van der Waals surface area contributed by atoms with E-state index < -0.39 is 11.6 Å². The van der Waals surface area contributed by atoms with Crippen molar-refractivity contribution < 1.29 is 8.78 Å². The highest BCUT2D eigenvalue weighted by molar-refractivity contribution is 6.31. The van der Waals surface area contributed by atoms with E-state index in [1.54, 1.807) is 12.3 Å². The van der Waals surface area contributed by atoms with Crippen LogP contribution in [-0.4, -0.2) is 14.5 Å². The predicted octanol–water partition coefficient (Wildman–Crippen LogP) is 5.13. The van der Waals surface area contributed by atoms with Crippen LogP contribution in [0.2, 0.25) is 5.02 Å². The van der Waals surface area contributed by atoms with Gasteiger partial charge in [-0.1, -0.05) is 11.6 Å². The Balaban J connectivity index is 1.77. The minimum atomic E-state index is -0.561. The van der Waals surface area contributed by atoms with Gasteiger partial charge < -0.3 is 15.2 Å². The molecule has 0 aliphatic heterocycles. The van der Waals surface area contributed by atoms with Crippen LogP contribution in [0.1, 0.15) is 11.4 Å². The molecule has 0 aliphatic rings. The number of hydrogen-bond donors (Lipinski definition) is 2. The number of anilines is 3. The summed E-state index contributed by atoms with van der Waals surface area (Å²) in [5.74, 6) is -0.327. The van der Waals surface area contributed by atoms with E-state index in [4.69, 9.17) is 11.6 Å². The third kappa shape index (κ3) is 3.75. The molecule has 0 fully saturated rings. The van der Waals surface area contributed by atoms with Crippen LogP contribution in [0.15, 0.2) is 48.9 Å². The summed E-state index contributed by atoms with van der Waals surface area (Å²) in [6.07, 6.45) is 4.79. The van der Waals surface area contributed by atoms with Crippen molar-refractivity contribution >= 4 is 39.6 Å². The molecular formula is C21H15ClF2N6. The van der Waals surface area contributed by atoms with E-state index in [0.717, 1.165) is 5.82 Å². The first kappa shape index (κ1) is 19.6. The zero-order chi connectivity index (χ0) is 21.3. The van der Waals surface area contributed by atoms with Gasteiger partial charge in [0.15, 0.2) is 5.82 Å². The minimum absolute atomic E-state index is 0.0690. The number of rotatable bonds is 5. The van der Waals surface area contributed by atoms with Crippen LogP contribution in [0, 0.1) is 23.0 Å². The first-order valence-electron chi connectivity index (χ1n) is 8.91. The predicted molar refractivity (Wildman–Crippen MR) is 112 cm³/mol. The maximum absolute atomic E-state index is 14.8. The van der Waals surface area contributed by atoms with E-state index in [1.807, 2.05) is 23.9 Å². The number of pyridine rings is 1. The fraction of sp³-hybridized carbons (Fsp3) is 0.0952. The summed E-state index contributed by atoms with van der Waals surface area (Å²) in [5, 5.41) is 16.0. The van der Waals surface area contributed by atoms with Crippen molar-refractivity contribution in [3.8, 4) is 6.07 Å². The Labute approximate surface area is 175 Å². The highest BCUT2D eigenvalue weighted by atomic mass is 35.5. The number of halogens is 3. The molecule has 0 bridgehead atoms. The SMILES string of the molecule is Cn1ccnc1CNc1cc(F)c2ncc(C#N)c(Nc3ccc(F)c(Cl)c3)c2c1. The third-order valence-corrected chi connectivity index (χ3v) is 4.90. The molecular weight excluding hydrogens is 410 g/mol. The molecule has 150 valence electrons. The second kappa shape index (κ2) is 7.97. The molecule has 2 N–H and O–H groups in total. The van der Waals surface area contributed by atoms with Crippen molar-refractivity contribution in [1.29, 1.82) is 5.26 Å². The van der Waals surface area contributed by atoms with E-state index in [2.05, 4.69) is 20.6 Å². The molecule has 9 heteroatoms. The fourth-order valence-electron chi connectivity index (χ4n) is 3.05. The lowest BCUT2D eigenvalue weighted by molar-refractivity contribution is 0.628. The Hall–Kier alpha value is -3.70. The van der Waals surface area contributed by atoms with E-state index in [1.165, 1.54) is 30.5 Å². The van der Waals surface area contributed by atoms with Crippen molar-refractivity contribution in [3.05, 3.63) is 77.0 Å². The molecule has 2 aromatic heterocycles. The molecule has 0 saturated heterocycles.